The largest absolute Gasteiger partial charge is 0.354 e. The normalized spacial score (nSPS) is 12.1. The van der Waals surface area contributed by atoms with Crippen molar-refractivity contribution in [1.29, 1.82) is 0 Å². The fourth-order valence-corrected chi connectivity index (χ4v) is 4.32. The lowest BCUT2D eigenvalue weighted by molar-refractivity contribution is -0.108. The van der Waals surface area contributed by atoms with E-state index in [0.29, 0.717) is 9.50 Å². The summed E-state index contributed by atoms with van der Waals surface area (Å²) in [6.07, 6.45) is -0.675. The summed E-state index contributed by atoms with van der Waals surface area (Å²) in [5, 5.41) is 0.563. The summed E-state index contributed by atoms with van der Waals surface area (Å²) in [6, 6.07) is 12.1. The van der Waals surface area contributed by atoms with E-state index in [-0.39, 0.29) is 18.0 Å². The molecule has 142 valence electrons. The third-order valence-corrected chi connectivity index (χ3v) is 6.92. The summed E-state index contributed by atoms with van der Waals surface area (Å²) >= 11 is 9.40. The quantitative estimate of drug-likeness (QED) is 0.551. The molecular formula is C18H21BrClNO4S. The Morgan fingerprint density at radius 1 is 1.12 bits per heavy atom. The molecule has 0 saturated heterocycles. The van der Waals surface area contributed by atoms with Crippen LogP contribution >= 0.6 is 27.5 Å². The van der Waals surface area contributed by atoms with E-state index < -0.39 is 16.3 Å². The molecule has 0 aliphatic carbocycles. The first-order valence-electron chi connectivity index (χ1n) is 7.84. The molecule has 0 aromatic heterocycles. The molecule has 8 heteroatoms. The van der Waals surface area contributed by atoms with Gasteiger partial charge in [0, 0.05) is 25.2 Å². The van der Waals surface area contributed by atoms with Gasteiger partial charge in [0.15, 0.2) is 6.29 Å². The Bertz CT molecular complexity index is 839. The van der Waals surface area contributed by atoms with Crippen LogP contribution in [0, 0.1) is 6.92 Å². The number of hydrogen-bond acceptors (Lipinski definition) is 4. The molecule has 0 saturated carbocycles. The van der Waals surface area contributed by atoms with Gasteiger partial charge in [0.05, 0.1) is 16.5 Å². The Balaban J connectivity index is 2.38. The van der Waals surface area contributed by atoms with Gasteiger partial charge in [-0.05, 0) is 52.7 Å². The van der Waals surface area contributed by atoms with Gasteiger partial charge in [0.1, 0.15) is 0 Å². The smallest absolute Gasteiger partial charge is 0.243 e. The van der Waals surface area contributed by atoms with Crippen LogP contribution in [0.2, 0.25) is 5.02 Å². The molecule has 0 radical (unpaired) electrons. The van der Waals surface area contributed by atoms with Crippen LogP contribution in [0.3, 0.4) is 0 Å². The zero-order chi connectivity index (χ0) is 19.3. The second-order valence-electron chi connectivity index (χ2n) is 5.76. The Morgan fingerprint density at radius 2 is 1.73 bits per heavy atom. The second kappa shape index (κ2) is 9.30. The van der Waals surface area contributed by atoms with Gasteiger partial charge in [-0.3, -0.25) is 0 Å². The highest BCUT2D eigenvalue weighted by Gasteiger charge is 2.27. The van der Waals surface area contributed by atoms with Gasteiger partial charge in [-0.25, -0.2) is 8.42 Å². The Kier molecular flexibility index (Phi) is 7.63. The summed E-state index contributed by atoms with van der Waals surface area (Å²) in [5.41, 5.74) is 1.78. The first kappa shape index (κ1) is 21.3. The zero-order valence-corrected chi connectivity index (χ0v) is 17.9. The molecular weight excluding hydrogens is 442 g/mol. The number of ether oxygens (including phenoxy) is 2. The van der Waals surface area contributed by atoms with Crippen LogP contribution in [0.25, 0.3) is 0 Å². The molecule has 2 aromatic rings. The van der Waals surface area contributed by atoms with Gasteiger partial charge in [0.25, 0.3) is 0 Å². The van der Waals surface area contributed by atoms with E-state index in [2.05, 4.69) is 15.9 Å². The lowest BCUT2D eigenvalue weighted by Crippen LogP contribution is -2.38. The van der Waals surface area contributed by atoms with Crippen LogP contribution in [0.5, 0.6) is 0 Å². The van der Waals surface area contributed by atoms with Crippen LogP contribution in [-0.4, -0.2) is 39.8 Å². The maximum absolute atomic E-state index is 13.1. The molecule has 0 aliphatic heterocycles. The van der Waals surface area contributed by atoms with Gasteiger partial charge in [-0.15, -0.1) is 0 Å². The van der Waals surface area contributed by atoms with Crippen molar-refractivity contribution in [3.8, 4) is 0 Å². The molecule has 0 aliphatic rings. The van der Waals surface area contributed by atoms with Crippen LogP contribution in [0.15, 0.2) is 51.8 Å². The average Bonchev–Trinajstić information content (AvgIpc) is 2.61. The first-order valence-corrected chi connectivity index (χ1v) is 10.5. The average molecular weight is 463 g/mol. The topological polar surface area (TPSA) is 55.8 Å². The SMILES string of the molecule is COC(CN(Cc1ccc(Cl)c(Br)c1)S(=O)(=O)c1ccc(C)cc1)OC. The van der Waals surface area contributed by atoms with E-state index in [4.69, 9.17) is 21.1 Å². The number of halogens is 2. The summed E-state index contributed by atoms with van der Waals surface area (Å²) < 4.78 is 38.7. The molecule has 0 unspecified atom stereocenters. The monoisotopic (exact) mass is 461 g/mol. The third kappa shape index (κ3) is 5.28. The van der Waals surface area contributed by atoms with Gasteiger partial charge in [-0.1, -0.05) is 35.4 Å². The standard InChI is InChI=1S/C18H21BrClNO4S/c1-13-4-7-15(8-5-13)26(22,23)21(12-18(24-2)25-3)11-14-6-9-17(20)16(19)10-14/h4-10,18H,11-12H2,1-3H3. The van der Waals surface area contributed by atoms with Crippen LogP contribution in [0.1, 0.15) is 11.1 Å². The zero-order valence-electron chi connectivity index (χ0n) is 14.8. The fraction of sp³-hybridized carbons (Fsp3) is 0.333. The molecule has 0 atom stereocenters. The summed E-state index contributed by atoms with van der Waals surface area (Å²) in [4.78, 5) is 0.224. The fourth-order valence-electron chi connectivity index (χ4n) is 2.36. The molecule has 0 fully saturated rings. The van der Waals surface area contributed by atoms with Crippen LogP contribution in [-0.2, 0) is 26.0 Å². The molecule has 26 heavy (non-hydrogen) atoms. The van der Waals surface area contributed by atoms with Gasteiger partial charge in [-0.2, -0.15) is 4.31 Å². The number of sulfonamides is 1. The number of nitrogens with zero attached hydrogens (tertiary/aromatic N) is 1. The molecule has 0 amide bonds. The summed E-state index contributed by atoms with van der Waals surface area (Å²) in [5.74, 6) is 0. The van der Waals surface area contributed by atoms with Gasteiger partial charge < -0.3 is 9.47 Å². The summed E-state index contributed by atoms with van der Waals surface area (Å²) in [7, 11) is -0.777. The van der Waals surface area contributed by atoms with E-state index in [9.17, 15) is 8.42 Å². The maximum atomic E-state index is 13.1. The van der Waals surface area contributed by atoms with Crippen molar-refractivity contribution in [2.45, 2.75) is 24.7 Å². The van der Waals surface area contributed by atoms with Crippen molar-refractivity contribution in [3.05, 3.63) is 63.1 Å². The van der Waals surface area contributed by atoms with Crippen LogP contribution in [0.4, 0.5) is 0 Å². The van der Waals surface area contributed by atoms with Crippen LogP contribution < -0.4 is 0 Å². The number of aryl methyl sites for hydroxylation is 1. The van der Waals surface area contributed by atoms with Crippen molar-refractivity contribution in [2.75, 3.05) is 20.8 Å². The number of hydrogen-bond donors (Lipinski definition) is 0. The summed E-state index contributed by atoms with van der Waals surface area (Å²) in [6.45, 7) is 2.13. The van der Waals surface area contributed by atoms with Gasteiger partial charge >= 0.3 is 0 Å². The molecule has 5 nitrogen and oxygen atoms in total. The first-order chi connectivity index (χ1) is 12.3. The molecule has 2 aromatic carbocycles. The third-order valence-electron chi connectivity index (χ3n) is 3.88. The van der Waals surface area contributed by atoms with E-state index in [1.807, 2.05) is 6.92 Å². The second-order valence-corrected chi connectivity index (χ2v) is 8.96. The molecule has 0 spiro atoms. The van der Waals surface area contributed by atoms with E-state index in [1.165, 1.54) is 18.5 Å². The van der Waals surface area contributed by atoms with E-state index in [1.54, 1.807) is 42.5 Å². The Morgan fingerprint density at radius 3 is 2.27 bits per heavy atom. The number of benzene rings is 2. The van der Waals surface area contributed by atoms with Crippen molar-refractivity contribution >= 4 is 37.6 Å². The minimum atomic E-state index is -3.73. The predicted octanol–water partition coefficient (Wildman–Crippen LogP) is 4.22. The Labute approximate surface area is 168 Å². The molecule has 2 rings (SSSR count). The minimum absolute atomic E-state index is 0.0590. The van der Waals surface area contributed by atoms with E-state index in [0.717, 1.165) is 11.1 Å². The highest BCUT2D eigenvalue weighted by Crippen LogP contribution is 2.26. The van der Waals surface area contributed by atoms with E-state index >= 15 is 0 Å². The highest BCUT2D eigenvalue weighted by atomic mass is 79.9. The molecule has 0 N–H and O–H groups in total. The maximum Gasteiger partial charge on any atom is 0.243 e. The predicted molar refractivity (Wildman–Crippen MR) is 106 cm³/mol. The lowest BCUT2D eigenvalue weighted by Gasteiger charge is -2.26. The van der Waals surface area contributed by atoms with Crippen molar-refractivity contribution < 1.29 is 17.9 Å². The van der Waals surface area contributed by atoms with Crippen molar-refractivity contribution in [1.82, 2.24) is 4.31 Å². The molecule has 0 heterocycles. The highest BCUT2D eigenvalue weighted by molar-refractivity contribution is 9.10. The number of methoxy groups -OCH3 is 2. The minimum Gasteiger partial charge on any atom is -0.354 e. The van der Waals surface area contributed by atoms with Crippen molar-refractivity contribution in [2.24, 2.45) is 0 Å². The lowest BCUT2D eigenvalue weighted by atomic mass is 10.2. The number of rotatable bonds is 8. The molecule has 0 bridgehead atoms. The van der Waals surface area contributed by atoms with Gasteiger partial charge in [0.2, 0.25) is 10.0 Å². The van der Waals surface area contributed by atoms with Crippen molar-refractivity contribution in [3.63, 3.8) is 0 Å². The Hall–Kier alpha value is -0.960.